The highest BCUT2D eigenvalue weighted by Crippen LogP contribution is 2.25. The summed E-state index contributed by atoms with van der Waals surface area (Å²) in [5.41, 5.74) is 0. The number of thioether (sulfide) groups is 1. The fourth-order valence-corrected chi connectivity index (χ4v) is 2.37. The smallest absolute Gasteiger partial charge is 0.117 e. The molecule has 0 fully saturated rings. The number of hydrogen-bond donors (Lipinski definition) is 1. The number of furan rings is 1. The second kappa shape index (κ2) is 6.15. The summed E-state index contributed by atoms with van der Waals surface area (Å²) in [5.74, 6) is 2.81. The van der Waals surface area contributed by atoms with E-state index in [1.54, 1.807) is 11.8 Å². The average molecular weight is 268 g/mol. The molecule has 1 heterocycles. The lowest BCUT2D eigenvalue weighted by Crippen LogP contribution is -2.03. The third-order valence-electron chi connectivity index (χ3n) is 2.26. The van der Waals surface area contributed by atoms with Gasteiger partial charge in [0.05, 0.1) is 12.3 Å². The third-order valence-corrected chi connectivity index (χ3v) is 3.55. The molecule has 0 aliphatic heterocycles. The maximum Gasteiger partial charge on any atom is 0.117 e. The van der Waals surface area contributed by atoms with Gasteiger partial charge in [0.25, 0.3) is 0 Å². The molecule has 2 aromatic rings. The van der Waals surface area contributed by atoms with Crippen LogP contribution >= 0.6 is 23.4 Å². The third kappa shape index (κ3) is 3.80. The van der Waals surface area contributed by atoms with Crippen molar-refractivity contribution in [3.05, 3.63) is 52.9 Å². The van der Waals surface area contributed by atoms with Gasteiger partial charge < -0.3 is 9.73 Å². The lowest BCUT2D eigenvalue weighted by Gasteiger charge is -1.99. The summed E-state index contributed by atoms with van der Waals surface area (Å²) in [6, 6.07) is 11.9. The zero-order valence-corrected chi connectivity index (χ0v) is 11.1. The molecule has 0 aliphatic rings. The second-order valence-electron chi connectivity index (χ2n) is 3.64. The van der Waals surface area contributed by atoms with E-state index < -0.39 is 0 Å². The van der Waals surface area contributed by atoms with Gasteiger partial charge in [-0.3, -0.25) is 0 Å². The molecule has 4 heteroatoms. The molecular weight excluding hydrogens is 254 g/mol. The highest BCUT2D eigenvalue weighted by atomic mass is 35.5. The van der Waals surface area contributed by atoms with E-state index in [2.05, 4.69) is 5.32 Å². The second-order valence-corrected chi connectivity index (χ2v) is 5.13. The number of nitrogens with one attached hydrogen (secondary N) is 1. The maximum absolute atomic E-state index is 5.83. The van der Waals surface area contributed by atoms with Crippen LogP contribution in [0.15, 0.2) is 45.7 Å². The first-order valence-electron chi connectivity index (χ1n) is 5.38. The quantitative estimate of drug-likeness (QED) is 0.831. The molecule has 90 valence electrons. The topological polar surface area (TPSA) is 25.2 Å². The minimum atomic E-state index is 0.767. The van der Waals surface area contributed by atoms with Gasteiger partial charge in [-0.1, -0.05) is 11.6 Å². The van der Waals surface area contributed by atoms with Crippen molar-refractivity contribution in [2.24, 2.45) is 0 Å². The van der Waals surface area contributed by atoms with Crippen LogP contribution in [0.5, 0.6) is 0 Å². The molecule has 1 aromatic heterocycles. The van der Waals surface area contributed by atoms with E-state index in [1.807, 2.05) is 43.4 Å². The molecule has 2 rings (SSSR count). The minimum absolute atomic E-state index is 0.767. The van der Waals surface area contributed by atoms with Gasteiger partial charge in [-0.2, -0.15) is 0 Å². The Labute approximate surface area is 110 Å². The molecule has 0 saturated heterocycles. The van der Waals surface area contributed by atoms with Crippen molar-refractivity contribution in [1.82, 2.24) is 5.32 Å². The minimum Gasteiger partial charge on any atom is -0.464 e. The highest BCUT2D eigenvalue weighted by molar-refractivity contribution is 7.98. The van der Waals surface area contributed by atoms with E-state index in [-0.39, 0.29) is 0 Å². The lowest BCUT2D eigenvalue weighted by molar-refractivity contribution is 0.469. The fraction of sp³-hybridized carbons (Fsp3) is 0.231. The van der Waals surface area contributed by atoms with Gasteiger partial charge in [-0.05, 0) is 43.4 Å². The van der Waals surface area contributed by atoms with E-state index in [9.17, 15) is 0 Å². The number of rotatable bonds is 5. The average Bonchev–Trinajstić information content (AvgIpc) is 2.77. The van der Waals surface area contributed by atoms with Crippen LogP contribution < -0.4 is 5.32 Å². The standard InChI is InChI=1S/C13H14ClNOS/c1-15-8-11-4-5-12(16-11)9-17-13-6-2-10(14)3-7-13/h2-7,15H,8-9H2,1H3. The summed E-state index contributed by atoms with van der Waals surface area (Å²) < 4.78 is 5.66. The monoisotopic (exact) mass is 267 g/mol. The molecular formula is C13H14ClNOS. The molecule has 2 nitrogen and oxygen atoms in total. The van der Waals surface area contributed by atoms with E-state index in [0.29, 0.717) is 0 Å². The predicted octanol–water partition coefficient (Wildman–Crippen LogP) is 3.94. The number of halogens is 1. The van der Waals surface area contributed by atoms with Gasteiger partial charge in [0.15, 0.2) is 0 Å². The van der Waals surface area contributed by atoms with Crippen LogP contribution in [0.1, 0.15) is 11.5 Å². The van der Waals surface area contributed by atoms with Gasteiger partial charge >= 0.3 is 0 Å². The van der Waals surface area contributed by atoms with Gasteiger partial charge in [-0.25, -0.2) is 0 Å². The van der Waals surface area contributed by atoms with Crippen molar-refractivity contribution in [3.63, 3.8) is 0 Å². The molecule has 1 N–H and O–H groups in total. The molecule has 17 heavy (non-hydrogen) atoms. The van der Waals surface area contributed by atoms with Gasteiger partial charge in [0.2, 0.25) is 0 Å². The zero-order chi connectivity index (χ0) is 12.1. The Morgan fingerprint density at radius 1 is 1.12 bits per heavy atom. The first-order chi connectivity index (χ1) is 8.28. The highest BCUT2D eigenvalue weighted by Gasteiger charge is 2.02. The zero-order valence-electron chi connectivity index (χ0n) is 9.57. The molecule has 0 spiro atoms. The number of benzene rings is 1. The maximum atomic E-state index is 5.83. The van der Waals surface area contributed by atoms with Crippen molar-refractivity contribution >= 4 is 23.4 Å². The van der Waals surface area contributed by atoms with Crippen molar-refractivity contribution in [1.29, 1.82) is 0 Å². The molecule has 0 bridgehead atoms. The van der Waals surface area contributed by atoms with E-state index in [1.165, 1.54) is 4.90 Å². The van der Waals surface area contributed by atoms with Gasteiger partial charge in [0, 0.05) is 9.92 Å². The summed E-state index contributed by atoms with van der Waals surface area (Å²) in [6.07, 6.45) is 0. The first-order valence-corrected chi connectivity index (χ1v) is 6.75. The Balaban J connectivity index is 1.90. The summed E-state index contributed by atoms with van der Waals surface area (Å²) in [4.78, 5) is 1.20. The van der Waals surface area contributed by atoms with Gasteiger partial charge in [0.1, 0.15) is 11.5 Å². The molecule has 0 atom stereocenters. The summed E-state index contributed by atoms with van der Waals surface area (Å²) in [6.45, 7) is 0.769. The van der Waals surface area contributed by atoms with E-state index in [0.717, 1.165) is 28.8 Å². The number of hydrogen-bond acceptors (Lipinski definition) is 3. The van der Waals surface area contributed by atoms with Crippen LogP contribution in [0.2, 0.25) is 5.02 Å². The Morgan fingerprint density at radius 3 is 2.53 bits per heavy atom. The first kappa shape index (κ1) is 12.6. The molecule has 0 unspecified atom stereocenters. The van der Waals surface area contributed by atoms with E-state index in [4.69, 9.17) is 16.0 Å². The van der Waals surface area contributed by atoms with Crippen LogP contribution in [0.3, 0.4) is 0 Å². The van der Waals surface area contributed by atoms with Crippen LogP contribution in [0, 0.1) is 0 Å². The fourth-order valence-electron chi connectivity index (χ4n) is 1.45. The molecule has 0 saturated carbocycles. The van der Waals surface area contributed by atoms with Crippen molar-refractivity contribution < 1.29 is 4.42 Å². The molecule has 1 aromatic carbocycles. The normalized spacial score (nSPS) is 10.7. The lowest BCUT2D eigenvalue weighted by atomic mass is 10.4. The largest absolute Gasteiger partial charge is 0.464 e. The Kier molecular flexibility index (Phi) is 4.54. The van der Waals surface area contributed by atoms with Crippen molar-refractivity contribution in [2.75, 3.05) is 7.05 Å². The van der Waals surface area contributed by atoms with E-state index >= 15 is 0 Å². The van der Waals surface area contributed by atoms with Crippen LogP contribution in [-0.4, -0.2) is 7.05 Å². The van der Waals surface area contributed by atoms with Crippen LogP contribution in [-0.2, 0) is 12.3 Å². The predicted molar refractivity (Wildman–Crippen MR) is 72.5 cm³/mol. The Morgan fingerprint density at radius 2 is 1.82 bits per heavy atom. The van der Waals surface area contributed by atoms with Crippen LogP contribution in [0.25, 0.3) is 0 Å². The van der Waals surface area contributed by atoms with Crippen molar-refractivity contribution in [2.45, 2.75) is 17.2 Å². The molecule has 0 radical (unpaired) electrons. The summed E-state index contributed by atoms with van der Waals surface area (Å²) in [5, 5.41) is 3.83. The van der Waals surface area contributed by atoms with Crippen molar-refractivity contribution in [3.8, 4) is 0 Å². The molecule has 0 amide bonds. The Hall–Kier alpha value is -0.900. The molecule has 0 aliphatic carbocycles. The van der Waals surface area contributed by atoms with Gasteiger partial charge in [-0.15, -0.1) is 11.8 Å². The van der Waals surface area contributed by atoms with Crippen LogP contribution in [0.4, 0.5) is 0 Å². The Bertz CT molecular complexity index is 467. The summed E-state index contributed by atoms with van der Waals surface area (Å²) in [7, 11) is 1.91. The SMILES string of the molecule is CNCc1ccc(CSc2ccc(Cl)cc2)o1. The summed E-state index contributed by atoms with van der Waals surface area (Å²) >= 11 is 7.57.